The molecule has 3 aromatic rings. The molecule has 0 atom stereocenters. The van der Waals surface area contributed by atoms with E-state index in [1.807, 2.05) is 6.92 Å². The molecule has 7 heteroatoms. The second-order valence-corrected chi connectivity index (χ2v) is 5.91. The molecule has 0 radical (unpaired) electrons. The van der Waals surface area contributed by atoms with Gasteiger partial charge >= 0.3 is 0 Å². The average Bonchev–Trinajstić information content (AvgIpc) is 2.83. The number of fused-ring (bicyclic) bond motifs is 1. The molecule has 0 spiro atoms. The van der Waals surface area contributed by atoms with E-state index in [1.54, 1.807) is 18.2 Å². The van der Waals surface area contributed by atoms with Crippen LogP contribution in [-0.4, -0.2) is 14.5 Å². The highest BCUT2D eigenvalue weighted by Crippen LogP contribution is 2.31. The Morgan fingerprint density at radius 2 is 1.95 bits per heavy atom. The van der Waals surface area contributed by atoms with E-state index in [4.69, 9.17) is 34.8 Å². The number of hydrogen-bond acceptors (Lipinski definition) is 2. The van der Waals surface area contributed by atoms with Crippen LogP contribution in [0, 0.1) is 6.92 Å². The van der Waals surface area contributed by atoms with Crippen LogP contribution < -0.4 is 5.56 Å². The molecule has 21 heavy (non-hydrogen) atoms. The largest absolute Gasteiger partial charge is 0.343 e. The van der Waals surface area contributed by atoms with Gasteiger partial charge < -0.3 is 4.98 Å². The van der Waals surface area contributed by atoms with Crippen molar-refractivity contribution < 1.29 is 0 Å². The van der Waals surface area contributed by atoms with Crippen molar-refractivity contribution in [2.24, 2.45) is 0 Å². The van der Waals surface area contributed by atoms with Crippen LogP contribution in [0.2, 0.25) is 15.1 Å². The second-order valence-electron chi connectivity index (χ2n) is 4.71. The van der Waals surface area contributed by atoms with Gasteiger partial charge in [-0.3, -0.25) is 9.36 Å². The molecule has 0 amide bonds. The number of halogens is 3. The number of aromatic nitrogens is 3. The number of benzene rings is 1. The van der Waals surface area contributed by atoms with Gasteiger partial charge in [0.2, 0.25) is 0 Å². The lowest BCUT2D eigenvalue weighted by atomic mass is 10.2. The summed E-state index contributed by atoms with van der Waals surface area (Å²) in [6.07, 6.45) is 1.47. The minimum atomic E-state index is -0.156. The third kappa shape index (κ3) is 2.55. The molecule has 0 aliphatic heterocycles. The molecular weight excluding hydrogens is 333 g/mol. The topological polar surface area (TPSA) is 50.7 Å². The maximum absolute atomic E-state index is 12.4. The smallest absolute Gasteiger partial charge is 0.263 e. The minimum Gasteiger partial charge on any atom is -0.343 e. The van der Waals surface area contributed by atoms with Crippen molar-refractivity contribution in [3.05, 3.63) is 61.2 Å². The van der Waals surface area contributed by atoms with Crippen molar-refractivity contribution in [1.29, 1.82) is 0 Å². The van der Waals surface area contributed by atoms with E-state index in [1.165, 1.54) is 10.9 Å². The van der Waals surface area contributed by atoms with Crippen LogP contribution in [0.5, 0.6) is 0 Å². The van der Waals surface area contributed by atoms with Crippen LogP contribution in [0.15, 0.2) is 29.3 Å². The Labute approximate surface area is 135 Å². The predicted molar refractivity (Wildman–Crippen MR) is 85.7 cm³/mol. The van der Waals surface area contributed by atoms with Crippen molar-refractivity contribution in [1.82, 2.24) is 14.5 Å². The first kappa shape index (κ1) is 14.4. The lowest BCUT2D eigenvalue weighted by Crippen LogP contribution is -2.21. The summed E-state index contributed by atoms with van der Waals surface area (Å²) < 4.78 is 1.46. The van der Waals surface area contributed by atoms with Gasteiger partial charge in [0.1, 0.15) is 12.0 Å². The molecule has 0 aliphatic rings. The summed E-state index contributed by atoms with van der Waals surface area (Å²) in [6, 6.07) is 5.04. The summed E-state index contributed by atoms with van der Waals surface area (Å²) in [5, 5.41) is 1.74. The van der Waals surface area contributed by atoms with Crippen LogP contribution in [-0.2, 0) is 6.54 Å². The van der Waals surface area contributed by atoms with Gasteiger partial charge in [-0.1, -0.05) is 34.8 Å². The molecule has 2 heterocycles. The SMILES string of the molecule is Cc1cc2c(=O)n(Cc3c(Cl)ccc(Cl)c3Cl)cnc2[nH]1. The Bertz CT molecular complexity index is 898. The molecule has 108 valence electrons. The zero-order valence-electron chi connectivity index (χ0n) is 11.0. The Morgan fingerprint density at radius 1 is 1.24 bits per heavy atom. The fraction of sp³-hybridized carbons (Fsp3) is 0.143. The Hall–Kier alpha value is -1.49. The molecule has 1 N–H and O–H groups in total. The summed E-state index contributed by atoms with van der Waals surface area (Å²) in [5.41, 5.74) is 1.89. The van der Waals surface area contributed by atoms with Crippen LogP contribution in [0.1, 0.15) is 11.3 Å². The first-order valence-corrected chi connectivity index (χ1v) is 7.28. The van der Waals surface area contributed by atoms with Gasteiger partial charge in [-0.25, -0.2) is 4.98 Å². The number of aromatic amines is 1. The monoisotopic (exact) mass is 341 g/mol. The van der Waals surface area contributed by atoms with Gasteiger partial charge in [-0.05, 0) is 25.1 Å². The molecule has 1 aromatic carbocycles. The zero-order chi connectivity index (χ0) is 15.1. The summed E-state index contributed by atoms with van der Waals surface area (Å²) in [7, 11) is 0. The zero-order valence-corrected chi connectivity index (χ0v) is 13.2. The summed E-state index contributed by atoms with van der Waals surface area (Å²) >= 11 is 18.3. The molecule has 0 saturated heterocycles. The van der Waals surface area contributed by atoms with E-state index in [0.717, 1.165) is 5.69 Å². The van der Waals surface area contributed by atoms with Gasteiger partial charge in [-0.2, -0.15) is 0 Å². The predicted octanol–water partition coefficient (Wildman–Crippen LogP) is 4.04. The van der Waals surface area contributed by atoms with Gasteiger partial charge in [0, 0.05) is 16.3 Å². The molecule has 0 fully saturated rings. The number of aryl methyl sites for hydroxylation is 1. The normalized spacial score (nSPS) is 11.2. The second kappa shape index (κ2) is 5.37. The van der Waals surface area contributed by atoms with Crippen molar-refractivity contribution in [3.63, 3.8) is 0 Å². The number of nitrogens with one attached hydrogen (secondary N) is 1. The van der Waals surface area contributed by atoms with Gasteiger partial charge in [0.15, 0.2) is 0 Å². The van der Waals surface area contributed by atoms with Crippen LogP contribution in [0.4, 0.5) is 0 Å². The highest BCUT2D eigenvalue weighted by Gasteiger charge is 2.13. The van der Waals surface area contributed by atoms with Crippen molar-refractivity contribution in [2.75, 3.05) is 0 Å². The highest BCUT2D eigenvalue weighted by atomic mass is 35.5. The summed E-state index contributed by atoms with van der Waals surface area (Å²) in [4.78, 5) is 19.7. The van der Waals surface area contributed by atoms with E-state index in [9.17, 15) is 4.79 Å². The quantitative estimate of drug-likeness (QED) is 0.715. The van der Waals surface area contributed by atoms with Gasteiger partial charge in [0.05, 0.1) is 22.0 Å². The number of rotatable bonds is 2. The summed E-state index contributed by atoms with van der Waals surface area (Å²) in [5.74, 6) is 0. The number of hydrogen-bond donors (Lipinski definition) is 1. The fourth-order valence-corrected chi connectivity index (χ4v) is 2.84. The van der Waals surface area contributed by atoms with E-state index in [2.05, 4.69) is 9.97 Å². The molecule has 0 aliphatic carbocycles. The maximum Gasteiger partial charge on any atom is 0.263 e. The third-order valence-electron chi connectivity index (χ3n) is 3.22. The van der Waals surface area contributed by atoms with Gasteiger partial charge in [-0.15, -0.1) is 0 Å². The van der Waals surface area contributed by atoms with E-state index >= 15 is 0 Å². The van der Waals surface area contributed by atoms with E-state index in [-0.39, 0.29) is 12.1 Å². The van der Waals surface area contributed by atoms with E-state index in [0.29, 0.717) is 31.7 Å². The maximum atomic E-state index is 12.4. The van der Waals surface area contributed by atoms with Crippen LogP contribution in [0.25, 0.3) is 11.0 Å². The molecule has 4 nitrogen and oxygen atoms in total. The Morgan fingerprint density at radius 3 is 2.71 bits per heavy atom. The first-order valence-electron chi connectivity index (χ1n) is 6.14. The lowest BCUT2D eigenvalue weighted by Gasteiger charge is -2.10. The van der Waals surface area contributed by atoms with Crippen LogP contribution >= 0.6 is 34.8 Å². The molecule has 3 rings (SSSR count). The number of H-pyrrole nitrogens is 1. The molecule has 0 saturated carbocycles. The Kier molecular flexibility index (Phi) is 3.69. The third-order valence-corrected chi connectivity index (χ3v) is 4.41. The fourth-order valence-electron chi connectivity index (χ4n) is 2.17. The van der Waals surface area contributed by atoms with Crippen LogP contribution in [0.3, 0.4) is 0 Å². The van der Waals surface area contributed by atoms with E-state index < -0.39 is 0 Å². The number of nitrogens with zero attached hydrogens (tertiary/aromatic N) is 2. The van der Waals surface area contributed by atoms with Gasteiger partial charge in [0.25, 0.3) is 5.56 Å². The average molecular weight is 343 g/mol. The minimum absolute atomic E-state index is 0.156. The van der Waals surface area contributed by atoms with Crippen molar-refractivity contribution >= 4 is 45.8 Å². The molecule has 0 bridgehead atoms. The summed E-state index contributed by atoms with van der Waals surface area (Å²) in [6.45, 7) is 2.08. The molecular formula is C14H10Cl3N3O. The first-order chi connectivity index (χ1) is 9.97. The lowest BCUT2D eigenvalue weighted by molar-refractivity contribution is 0.748. The standard InChI is InChI=1S/C14H10Cl3N3O/c1-7-4-8-13(19-7)18-6-20(14(8)21)5-9-10(15)2-3-11(16)12(9)17/h2-4,6,19H,5H2,1H3. The van der Waals surface area contributed by atoms with Crippen molar-refractivity contribution in [3.8, 4) is 0 Å². The highest BCUT2D eigenvalue weighted by molar-refractivity contribution is 6.44. The molecule has 2 aromatic heterocycles. The Balaban J connectivity index is 2.13. The van der Waals surface area contributed by atoms with Crippen molar-refractivity contribution in [2.45, 2.75) is 13.5 Å². The molecule has 0 unspecified atom stereocenters.